The number of piperazine rings is 1. The predicted molar refractivity (Wildman–Crippen MR) is 63.9 cm³/mol. The highest BCUT2D eigenvalue weighted by molar-refractivity contribution is 6.30. The molecule has 1 amide bonds. The minimum Gasteiger partial charge on any atom is -0.357 e. The Morgan fingerprint density at radius 3 is 3.19 bits per heavy atom. The fourth-order valence-corrected chi connectivity index (χ4v) is 2.76. The van der Waals surface area contributed by atoms with Crippen LogP contribution in [0.15, 0.2) is 18.2 Å². The van der Waals surface area contributed by atoms with Gasteiger partial charge in [-0.3, -0.25) is 4.79 Å². The minimum atomic E-state index is -0.000262. The molecule has 0 saturated carbocycles. The molecule has 3 rings (SSSR count). The van der Waals surface area contributed by atoms with Gasteiger partial charge in [0.25, 0.3) is 0 Å². The molecule has 1 saturated heterocycles. The molecule has 4 heteroatoms. The molecule has 3 nitrogen and oxygen atoms in total. The largest absolute Gasteiger partial charge is 0.357 e. The highest BCUT2D eigenvalue weighted by atomic mass is 35.5. The number of carbonyl (C=O) groups excluding carboxylic acids is 1. The molecule has 1 aromatic carbocycles. The number of hydrogen-bond donors (Lipinski definition) is 1. The van der Waals surface area contributed by atoms with E-state index < -0.39 is 0 Å². The van der Waals surface area contributed by atoms with Crippen molar-refractivity contribution in [1.82, 2.24) is 5.32 Å². The van der Waals surface area contributed by atoms with Crippen molar-refractivity contribution >= 4 is 23.2 Å². The average Bonchev–Trinajstić information content (AvgIpc) is 2.29. The Hall–Kier alpha value is -1.22. The maximum atomic E-state index is 11.7. The van der Waals surface area contributed by atoms with Crippen molar-refractivity contribution in [2.75, 3.05) is 18.0 Å². The summed E-state index contributed by atoms with van der Waals surface area (Å²) >= 11 is 6.02. The maximum absolute atomic E-state index is 11.7. The molecule has 1 N–H and O–H groups in total. The van der Waals surface area contributed by atoms with Gasteiger partial charge in [0, 0.05) is 23.8 Å². The van der Waals surface area contributed by atoms with Crippen LogP contribution in [0.5, 0.6) is 0 Å². The van der Waals surface area contributed by atoms with Crippen LogP contribution in [-0.4, -0.2) is 25.0 Å². The Morgan fingerprint density at radius 2 is 2.31 bits per heavy atom. The van der Waals surface area contributed by atoms with Crippen molar-refractivity contribution in [1.29, 1.82) is 0 Å². The monoisotopic (exact) mass is 236 g/mol. The molecular formula is C12H13ClN2O. The number of benzene rings is 1. The molecule has 84 valence electrons. The van der Waals surface area contributed by atoms with Crippen LogP contribution in [0.25, 0.3) is 0 Å². The van der Waals surface area contributed by atoms with Crippen molar-refractivity contribution in [2.45, 2.75) is 18.9 Å². The number of nitrogens with zero attached hydrogens (tertiary/aromatic N) is 1. The summed E-state index contributed by atoms with van der Waals surface area (Å²) in [7, 11) is 0. The molecule has 1 atom stereocenters. The molecule has 0 spiro atoms. The fourth-order valence-electron chi connectivity index (χ4n) is 2.60. The second-order valence-electron chi connectivity index (χ2n) is 4.31. The molecule has 0 bridgehead atoms. The summed E-state index contributed by atoms with van der Waals surface area (Å²) in [6.45, 7) is 1.60. The van der Waals surface area contributed by atoms with E-state index in [-0.39, 0.29) is 11.9 Å². The van der Waals surface area contributed by atoms with Crippen LogP contribution >= 0.6 is 11.6 Å². The second-order valence-corrected chi connectivity index (χ2v) is 4.75. The third kappa shape index (κ3) is 1.47. The molecular weight excluding hydrogens is 224 g/mol. The summed E-state index contributed by atoms with van der Waals surface area (Å²) in [6, 6.07) is 5.96. The molecule has 0 radical (unpaired) electrons. The lowest BCUT2D eigenvalue weighted by molar-refractivity contribution is -0.123. The molecule has 16 heavy (non-hydrogen) atoms. The van der Waals surface area contributed by atoms with Crippen molar-refractivity contribution in [3.63, 3.8) is 0 Å². The summed E-state index contributed by atoms with van der Waals surface area (Å²) < 4.78 is 0. The highest BCUT2D eigenvalue weighted by Gasteiger charge is 2.33. The summed E-state index contributed by atoms with van der Waals surface area (Å²) in [6.07, 6.45) is 1.86. The lowest BCUT2D eigenvalue weighted by Crippen LogP contribution is -2.57. The van der Waals surface area contributed by atoms with Crippen molar-refractivity contribution in [2.24, 2.45) is 0 Å². The van der Waals surface area contributed by atoms with Crippen molar-refractivity contribution < 1.29 is 4.79 Å². The van der Waals surface area contributed by atoms with Crippen LogP contribution in [0.3, 0.4) is 0 Å². The van der Waals surface area contributed by atoms with Crippen LogP contribution in [0.4, 0.5) is 5.69 Å². The van der Waals surface area contributed by atoms with Gasteiger partial charge in [-0.15, -0.1) is 0 Å². The summed E-state index contributed by atoms with van der Waals surface area (Å²) in [4.78, 5) is 13.9. The molecule has 2 aliphatic rings. The van der Waals surface area contributed by atoms with E-state index >= 15 is 0 Å². The normalized spacial score (nSPS) is 23.4. The van der Waals surface area contributed by atoms with E-state index in [0.29, 0.717) is 0 Å². The smallest absolute Gasteiger partial charge is 0.242 e. The summed E-state index contributed by atoms with van der Waals surface area (Å²) in [5.74, 6) is 0.150. The fraction of sp³-hybridized carbons (Fsp3) is 0.417. The standard InChI is InChI=1S/C12H13ClN2O/c13-9-3-1-8-2-4-10-12(16)14-5-6-15(10)11(8)7-9/h1,3,7,10H,2,4-6H2,(H,14,16). The lowest BCUT2D eigenvalue weighted by Gasteiger charge is -2.41. The number of halogens is 1. The maximum Gasteiger partial charge on any atom is 0.242 e. The van der Waals surface area contributed by atoms with Crippen molar-refractivity contribution in [3.05, 3.63) is 28.8 Å². The average molecular weight is 237 g/mol. The summed E-state index contributed by atoms with van der Waals surface area (Å²) in [5.41, 5.74) is 2.44. The molecule has 1 aromatic rings. The topological polar surface area (TPSA) is 32.3 Å². The van der Waals surface area contributed by atoms with Gasteiger partial charge in [0.1, 0.15) is 6.04 Å². The number of fused-ring (bicyclic) bond motifs is 3. The van der Waals surface area contributed by atoms with E-state index in [0.717, 1.165) is 36.6 Å². The van der Waals surface area contributed by atoms with Crippen LogP contribution in [0.1, 0.15) is 12.0 Å². The third-order valence-electron chi connectivity index (χ3n) is 3.37. The zero-order chi connectivity index (χ0) is 11.1. The van der Waals surface area contributed by atoms with Gasteiger partial charge in [0.2, 0.25) is 5.91 Å². The number of anilines is 1. The number of amides is 1. The van der Waals surface area contributed by atoms with Crippen LogP contribution in [0, 0.1) is 0 Å². The van der Waals surface area contributed by atoms with Gasteiger partial charge in [-0.2, -0.15) is 0 Å². The van der Waals surface area contributed by atoms with Gasteiger partial charge in [-0.1, -0.05) is 17.7 Å². The van der Waals surface area contributed by atoms with E-state index in [1.807, 2.05) is 12.1 Å². The van der Waals surface area contributed by atoms with Crippen LogP contribution in [-0.2, 0) is 11.2 Å². The molecule has 0 aromatic heterocycles. The Bertz CT molecular complexity index is 447. The Morgan fingerprint density at radius 1 is 1.44 bits per heavy atom. The molecule has 1 fully saturated rings. The first-order chi connectivity index (χ1) is 7.75. The molecule has 2 aliphatic heterocycles. The van der Waals surface area contributed by atoms with Gasteiger partial charge < -0.3 is 10.2 Å². The Balaban J connectivity index is 2.04. The van der Waals surface area contributed by atoms with E-state index in [4.69, 9.17) is 11.6 Å². The summed E-state index contributed by atoms with van der Waals surface area (Å²) in [5, 5.41) is 3.65. The zero-order valence-electron chi connectivity index (χ0n) is 8.87. The number of rotatable bonds is 0. The van der Waals surface area contributed by atoms with Gasteiger partial charge in [0.05, 0.1) is 0 Å². The number of carbonyl (C=O) groups is 1. The first-order valence-electron chi connectivity index (χ1n) is 5.58. The van der Waals surface area contributed by atoms with E-state index in [1.54, 1.807) is 0 Å². The predicted octanol–water partition coefficient (Wildman–Crippen LogP) is 1.59. The number of hydrogen-bond acceptors (Lipinski definition) is 2. The quantitative estimate of drug-likeness (QED) is 0.742. The van der Waals surface area contributed by atoms with E-state index in [1.165, 1.54) is 5.56 Å². The van der Waals surface area contributed by atoms with Gasteiger partial charge in [-0.05, 0) is 30.5 Å². The van der Waals surface area contributed by atoms with Crippen LogP contribution < -0.4 is 10.2 Å². The Labute approximate surface area is 99.4 Å². The third-order valence-corrected chi connectivity index (χ3v) is 3.61. The molecule has 2 heterocycles. The molecule has 1 unspecified atom stereocenters. The van der Waals surface area contributed by atoms with E-state index in [9.17, 15) is 4.79 Å². The second kappa shape index (κ2) is 3.67. The Kier molecular flexibility index (Phi) is 2.28. The number of aryl methyl sites for hydroxylation is 1. The first-order valence-corrected chi connectivity index (χ1v) is 5.96. The molecule has 0 aliphatic carbocycles. The SMILES string of the molecule is O=C1NCCN2c3cc(Cl)ccc3CCC12. The van der Waals surface area contributed by atoms with Gasteiger partial charge in [0.15, 0.2) is 0 Å². The highest BCUT2D eigenvalue weighted by Crippen LogP contribution is 2.33. The van der Waals surface area contributed by atoms with Crippen LogP contribution in [0.2, 0.25) is 5.02 Å². The zero-order valence-corrected chi connectivity index (χ0v) is 9.63. The first kappa shape index (κ1) is 9.97. The van der Waals surface area contributed by atoms with Gasteiger partial charge >= 0.3 is 0 Å². The lowest BCUT2D eigenvalue weighted by atomic mass is 9.94. The van der Waals surface area contributed by atoms with E-state index in [2.05, 4.69) is 16.3 Å². The number of nitrogens with one attached hydrogen (secondary N) is 1. The van der Waals surface area contributed by atoms with Gasteiger partial charge in [-0.25, -0.2) is 0 Å². The van der Waals surface area contributed by atoms with Crippen molar-refractivity contribution in [3.8, 4) is 0 Å². The minimum absolute atomic E-state index is 0.000262.